The first-order valence-electron chi connectivity index (χ1n) is 11.4. The number of anilines is 3. The standard InChI is InChI=1S/C23H30N6O2S2/c1-23(31)6-3-16(4-7-23)24-20-19-17(5-12-32-19)25-22(27-20)26-18-13-15(14-33-18)21(30)29-10-8-28(2)9-11-29/h5,12-14,16,31H,3-4,6-11H2,1-2H3,(H2,24,25,26,27)/t16-,23-. The largest absolute Gasteiger partial charge is 0.390 e. The lowest BCUT2D eigenvalue weighted by molar-refractivity contribution is 0.0196. The SMILES string of the molecule is CN1CCN(C(=O)c2csc(Nc3nc(N[C@H]4CC[C@](C)(O)CC4)c4sccc4n3)c2)CC1. The van der Waals surface area contributed by atoms with Crippen LogP contribution < -0.4 is 10.6 Å². The highest BCUT2D eigenvalue weighted by Gasteiger charge is 2.29. The summed E-state index contributed by atoms with van der Waals surface area (Å²) in [5, 5.41) is 21.9. The van der Waals surface area contributed by atoms with E-state index in [1.54, 1.807) is 11.3 Å². The second-order valence-electron chi connectivity index (χ2n) is 9.37. The van der Waals surface area contributed by atoms with E-state index < -0.39 is 5.60 Å². The van der Waals surface area contributed by atoms with Crippen molar-refractivity contribution in [2.45, 2.75) is 44.2 Å². The summed E-state index contributed by atoms with van der Waals surface area (Å²) >= 11 is 3.12. The molecule has 1 saturated carbocycles. The molecule has 0 radical (unpaired) electrons. The zero-order valence-electron chi connectivity index (χ0n) is 19.0. The van der Waals surface area contributed by atoms with E-state index in [1.165, 1.54) is 11.3 Å². The van der Waals surface area contributed by atoms with Crippen LogP contribution in [-0.2, 0) is 0 Å². The number of aromatic nitrogens is 2. The predicted octanol–water partition coefficient (Wildman–Crippen LogP) is 3.99. The first-order chi connectivity index (χ1) is 15.9. The van der Waals surface area contributed by atoms with Crippen molar-refractivity contribution in [3.63, 3.8) is 0 Å². The molecule has 3 aromatic rings. The van der Waals surface area contributed by atoms with Crippen LogP contribution in [0, 0.1) is 0 Å². The van der Waals surface area contributed by atoms with Gasteiger partial charge in [0, 0.05) is 37.6 Å². The minimum absolute atomic E-state index is 0.0807. The highest BCUT2D eigenvalue weighted by Crippen LogP contribution is 2.34. The number of hydrogen-bond donors (Lipinski definition) is 3. The van der Waals surface area contributed by atoms with Crippen LogP contribution in [0.5, 0.6) is 0 Å². The Morgan fingerprint density at radius 1 is 1.18 bits per heavy atom. The first-order valence-corrected chi connectivity index (χ1v) is 13.2. The Morgan fingerprint density at radius 2 is 1.94 bits per heavy atom. The van der Waals surface area contributed by atoms with E-state index in [9.17, 15) is 9.90 Å². The van der Waals surface area contributed by atoms with Gasteiger partial charge in [-0.3, -0.25) is 4.79 Å². The Kier molecular flexibility index (Phi) is 6.26. The van der Waals surface area contributed by atoms with Crippen LogP contribution >= 0.6 is 22.7 Å². The van der Waals surface area contributed by atoms with Gasteiger partial charge in [0.05, 0.1) is 26.4 Å². The molecule has 3 N–H and O–H groups in total. The van der Waals surface area contributed by atoms with E-state index in [2.05, 4.69) is 27.6 Å². The van der Waals surface area contributed by atoms with E-state index in [0.717, 1.165) is 72.9 Å². The van der Waals surface area contributed by atoms with Crippen molar-refractivity contribution in [3.8, 4) is 0 Å². The summed E-state index contributed by atoms with van der Waals surface area (Å²) in [7, 11) is 2.08. The van der Waals surface area contributed by atoms with Crippen LogP contribution in [0.15, 0.2) is 22.9 Å². The number of thiophene rings is 2. The second kappa shape index (κ2) is 9.17. The van der Waals surface area contributed by atoms with Gasteiger partial charge in [0.25, 0.3) is 5.91 Å². The summed E-state index contributed by atoms with van der Waals surface area (Å²) in [6.45, 7) is 5.25. The van der Waals surface area contributed by atoms with Crippen molar-refractivity contribution in [2.24, 2.45) is 0 Å². The Labute approximate surface area is 201 Å². The molecule has 0 unspecified atom stereocenters. The molecule has 0 atom stereocenters. The lowest BCUT2D eigenvalue weighted by atomic mass is 9.84. The van der Waals surface area contributed by atoms with Gasteiger partial charge in [-0.2, -0.15) is 4.98 Å². The maximum atomic E-state index is 12.9. The van der Waals surface area contributed by atoms with Crippen molar-refractivity contribution >= 4 is 55.6 Å². The molecule has 33 heavy (non-hydrogen) atoms. The molecule has 1 saturated heterocycles. The van der Waals surface area contributed by atoms with Gasteiger partial charge in [-0.05, 0) is 57.2 Å². The third-order valence-electron chi connectivity index (χ3n) is 6.58. The van der Waals surface area contributed by atoms with Crippen molar-refractivity contribution in [2.75, 3.05) is 43.9 Å². The van der Waals surface area contributed by atoms with Crippen molar-refractivity contribution in [1.29, 1.82) is 0 Å². The van der Waals surface area contributed by atoms with E-state index >= 15 is 0 Å². The molecule has 3 aromatic heterocycles. The lowest BCUT2D eigenvalue weighted by Crippen LogP contribution is -2.47. The quantitative estimate of drug-likeness (QED) is 0.502. The second-order valence-corrected chi connectivity index (χ2v) is 11.2. The lowest BCUT2D eigenvalue weighted by Gasteiger charge is -2.33. The van der Waals surface area contributed by atoms with Crippen molar-refractivity contribution in [3.05, 3.63) is 28.5 Å². The molecular formula is C23H30N6O2S2. The minimum Gasteiger partial charge on any atom is -0.390 e. The average Bonchev–Trinajstić information content (AvgIpc) is 3.45. The number of nitrogens with zero attached hydrogens (tertiary/aromatic N) is 4. The van der Waals surface area contributed by atoms with Gasteiger partial charge in [-0.25, -0.2) is 4.98 Å². The fourth-order valence-corrected chi connectivity index (χ4v) is 5.96. The molecule has 0 spiro atoms. The molecule has 4 heterocycles. The molecule has 0 aromatic carbocycles. The van der Waals surface area contributed by atoms with Gasteiger partial charge in [-0.15, -0.1) is 22.7 Å². The summed E-state index contributed by atoms with van der Waals surface area (Å²) in [6, 6.07) is 4.18. The summed E-state index contributed by atoms with van der Waals surface area (Å²) < 4.78 is 1.04. The van der Waals surface area contributed by atoms with Gasteiger partial charge < -0.3 is 25.5 Å². The van der Waals surface area contributed by atoms with Gasteiger partial charge in [-0.1, -0.05) is 0 Å². The molecule has 1 amide bonds. The highest BCUT2D eigenvalue weighted by molar-refractivity contribution is 7.17. The number of likely N-dealkylation sites (N-methyl/N-ethyl adjacent to an activating group) is 1. The summed E-state index contributed by atoms with van der Waals surface area (Å²) in [6.07, 6.45) is 3.39. The van der Waals surface area contributed by atoms with Crippen LogP contribution in [0.2, 0.25) is 0 Å². The van der Waals surface area contributed by atoms with E-state index in [-0.39, 0.29) is 11.9 Å². The van der Waals surface area contributed by atoms with Crippen LogP contribution in [-0.4, -0.2) is 75.7 Å². The van der Waals surface area contributed by atoms with Crippen molar-refractivity contribution in [1.82, 2.24) is 19.8 Å². The Balaban J connectivity index is 1.30. The monoisotopic (exact) mass is 486 g/mol. The highest BCUT2D eigenvalue weighted by atomic mass is 32.1. The zero-order valence-corrected chi connectivity index (χ0v) is 20.6. The fourth-order valence-electron chi connectivity index (χ4n) is 4.41. The molecule has 176 valence electrons. The van der Waals surface area contributed by atoms with Gasteiger partial charge in [0.2, 0.25) is 5.95 Å². The summed E-state index contributed by atoms with van der Waals surface area (Å²) in [5.41, 5.74) is 1.04. The number of carbonyl (C=O) groups is 1. The van der Waals surface area contributed by atoms with Crippen LogP contribution in [0.3, 0.4) is 0 Å². The molecule has 8 nitrogen and oxygen atoms in total. The van der Waals surface area contributed by atoms with Gasteiger partial charge in [0.15, 0.2) is 0 Å². The molecule has 1 aliphatic heterocycles. The molecule has 5 rings (SSSR count). The number of carbonyl (C=O) groups excluding carboxylic acids is 1. The summed E-state index contributed by atoms with van der Waals surface area (Å²) in [4.78, 5) is 26.5. The third kappa shape index (κ3) is 5.13. The first kappa shape index (κ1) is 22.5. The maximum absolute atomic E-state index is 12.9. The number of rotatable bonds is 5. The molecule has 0 bridgehead atoms. The number of aliphatic hydroxyl groups is 1. The van der Waals surface area contributed by atoms with E-state index in [0.29, 0.717) is 11.5 Å². The Morgan fingerprint density at radius 3 is 2.70 bits per heavy atom. The average molecular weight is 487 g/mol. The third-order valence-corrected chi connectivity index (χ3v) is 8.34. The Bertz CT molecular complexity index is 1130. The molecule has 2 aliphatic rings. The fraction of sp³-hybridized carbons (Fsp3) is 0.522. The number of amides is 1. The minimum atomic E-state index is -0.562. The Hall–Kier alpha value is -2.27. The summed E-state index contributed by atoms with van der Waals surface area (Å²) in [5.74, 6) is 1.43. The predicted molar refractivity (Wildman–Crippen MR) is 135 cm³/mol. The number of hydrogen-bond acceptors (Lipinski definition) is 9. The topological polar surface area (TPSA) is 93.6 Å². The number of piperazine rings is 1. The van der Waals surface area contributed by atoms with Crippen LogP contribution in [0.25, 0.3) is 10.2 Å². The van der Waals surface area contributed by atoms with Gasteiger partial charge >= 0.3 is 0 Å². The van der Waals surface area contributed by atoms with Gasteiger partial charge in [0.1, 0.15) is 5.82 Å². The van der Waals surface area contributed by atoms with Crippen LogP contribution in [0.1, 0.15) is 43.0 Å². The smallest absolute Gasteiger partial charge is 0.254 e. The zero-order chi connectivity index (χ0) is 23.0. The number of nitrogens with one attached hydrogen (secondary N) is 2. The molecule has 2 fully saturated rings. The van der Waals surface area contributed by atoms with E-state index in [1.807, 2.05) is 34.7 Å². The molecular weight excluding hydrogens is 456 g/mol. The van der Waals surface area contributed by atoms with Crippen molar-refractivity contribution < 1.29 is 9.90 Å². The molecule has 1 aliphatic carbocycles. The number of fused-ring (bicyclic) bond motifs is 1. The molecule has 10 heteroatoms. The van der Waals surface area contributed by atoms with Crippen LogP contribution in [0.4, 0.5) is 16.8 Å². The van der Waals surface area contributed by atoms with E-state index in [4.69, 9.17) is 4.98 Å². The normalized spacial score (nSPS) is 24.2. The maximum Gasteiger partial charge on any atom is 0.254 e.